The number of ether oxygens (including phenoxy) is 1. The van der Waals surface area contributed by atoms with Crippen LogP contribution in [0, 0.1) is 0 Å². The molecule has 0 aliphatic carbocycles. The third-order valence-electron chi connectivity index (χ3n) is 3.67. The molecule has 2 heterocycles. The molecule has 21 heavy (non-hydrogen) atoms. The smallest absolute Gasteiger partial charge is 0.211 e. The van der Waals surface area contributed by atoms with Gasteiger partial charge in [0.25, 0.3) is 0 Å². The van der Waals surface area contributed by atoms with Crippen LogP contribution in [0.3, 0.4) is 0 Å². The van der Waals surface area contributed by atoms with Crippen LogP contribution in [0.25, 0.3) is 11.0 Å². The molecule has 5 heteroatoms. The number of carbonyl (C=O) groups is 1. The lowest BCUT2D eigenvalue weighted by Gasteiger charge is -2.35. The summed E-state index contributed by atoms with van der Waals surface area (Å²) in [6, 6.07) is 9.36. The fraction of sp³-hybridized carbons (Fsp3) is 0.438. The number of carbonyl (C=O) groups excluding carboxylic acids is 1. The molecule has 0 amide bonds. The van der Waals surface area contributed by atoms with E-state index < -0.39 is 0 Å². The number of hydrogen-bond acceptors (Lipinski definition) is 5. The standard InChI is InChI=1S/C16H19NO4/c1-11-7-17(8-13(10-18)20-11)9-14(19)16-6-12-4-2-3-5-15(12)21-16/h2-6,11,13,18H,7-10H2,1H3. The Kier molecular flexibility index (Phi) is 4.05. The quantitative estimate of drug-likeness (QED) is 0.868. The summed E-state index contributed by atoms with van der Waals surface area (Å²) in [4.78, 5) is 14.4. The molecule has 0 saturated carbocycles. The zero-order chi connectivity index (χ0) is 14.8. The lowest BCUT2D eigenvalue weighted by atomic mass is 10.2. The first-order valence-corrected chi connectivity index (χ1v) is 7.16. The number of morpholine rings is 1. The summed E-state index contributed by atoms with van der Waals surface area (Å²) in [6.45, 7) is 3.44. The van der Waals surface area contributed by atoms with E-state index in [1.807, 2.05) is 36.1 Å². The Labute approximate surface area is 123 Å². The number of hydrogen-bond donors (Lipinski definition) is 1. The summed E-state index contributed by atoms with van der Waals surface area (Å²) in [5.74, 6) is 0.341. The van der Waals surface area contributed by atoms with Crippen molar-refractivity contribution in [2.45, 2.75) is 19.1 Å². The summed E-state index contributed by atoms with van der Waals surface area (Å²) in [6.07, 6.45) is -0.211. The van der Waals surface area contributed by atoms with E-state index in [9.17, 15) is 9.90 Å². The minimum atomic E-state index is -0.225. The Bertz CT molecular complexity index is 603. The fourth-order valence-electron chi connectivity index (χ4n) is 2.77. The number of aliphatic hydroxyl groups is 1. The van der Waals surface area contributed by atoms with Gasteiger partial charge in [-0.25, -0.2) is 0 Å². The summed E-state index contributed by atoms with van der Waals surface area (Å²) < 4.78 is 11.2. The average Bonchev–Trinajstić information content (AvgIpc) is 2.90. The van der Waals surface area contributed by atoms with Crippen LogP contribution >= 0.6 is 0 Å². The van der Waals surface area contributed by atoms with Crippen LogP contribution in [0.1, 0.15) is 17.5 Å². The SMILES string of the molecule is CC1CN(CC(=O)c2cc3ccccc3o2)CC(CO)O1. The van der Waals surface area contributed by atoms with E-state index >= 15 is 0 Å². The lowest BCUT2D eigenvalue weighted by molar-refractivity contribution is -0.0927. The fourth-order valence-corrected chi connectivity index (χ4v) is 2.77. The highest BCUT2D eigenvalue weighted by Gasteiger charge is 2.27. The van der Waals surface area contributed by atoms with Crippen molar-refractivity contribution in [3.05, 3.63) is 36.1 Å². The van der Waals surface area contributed by atoms with Crippen LogP contribution in [-0.2, 0) is 4.74 Å². The molecule has 2 aromatic rings. The van der Waals surface area contributed by atoms with Crippen molar-refractivity contribution in [3.8, 4) is 0 Å². The molecule has 1 N–H and O–H groups in total. The van der Waals surface area contributed by atoms with Crippen molar-refractivity contribution < 1.29 is 19.1 Å². The summed E-state index contributed by atoms with van der Waals surface area (Å²) >= 11 is 0. The van der Waals surface area contributed by atoms with Crippen molar-refractivity contribution in [3.63, 3.8) is 0 Å². The van der Waals surface area contributed by atoms with Gasteiger partial charge in [0.05, 0.1) is 25.4 Å². The minimum Gasteiger partial charge on any atom is -0.453 e. The van der Waals surface area contributed by atoms with E-state index in [1.54, 1.807) is 6.07 Å². The monoisotopic (exact) mass is 289 g/mol. The van der Waals surface area contributed by atoms with E-state index in [0.717, 1.165) is 11.0 Å². The first-order chi connectivity index (χ1) is 10.2. The molecule has 5 nitrogen and oxygen atoms in total. The maximum absolute atomic E-state index is 12.3. The van der Waals surface area contributed by atoms with Crippen LogP contribution in [0.4, 0.5) is 0 Å². The zero-order valence-corrected chi connectivity index (χ0v) is 12.0. The molecule has 1 aliphatic rings. The summed E-state index contributed by atoms with van der Waals surface area (Å²) in [5, 5.41) is 10.2. The molecule has 2 unspecified atom stereocenters. The Morgan fingerprint density at radius 2 is 2.19 bits per heavy atom. The number of furan rings is 1. The van der Waals surface area contributed by atoms with Crippen LogP contribution in [-0.4, -0.2) is 54.2 Å². The molecule has 3 rings (SSSR count). The predicted molar refractivity (Wildman–Crippen MR) is 78.4 cm³/mol. The maximum atomic E-state index is 12.3. The molecule has 1 fully saturated rings. The number of nitrogens with zero attached hydrogens (tertiary/aromatic N) is 1. The van der Waals surface area contributed by atoms with E-state index in [2.05, 4.69) is 0 Å². The van der Waals surface area contributed by atoms with Gasteiger partial charge in [-0.2, -0.15) is 0 Å². The Morgan fingerprint density at radius 1 is 1.38 bits per heavy atom. The van der Waals surface area contributed by atoms with Crippen LogP contribution in [0.15, 0.2) is 34.7 Å². The number of Topliss-reactive ketones (excluding diaryl/α,β-unsaturated/α-hetero) is 1. The van der Waals surface area contributed by atoms with Crippen LogP contribution in [0.2, 0.25) is 0 Å². The van der Waals surface area contributed by atoms with Gasteiger partial charge in [-0.15, -0.1) is 0 Å². The third kappa shape index (κ3) is 3.15. The first kappa shape index (κ1) is 14.3. The second-order valence-corrected chi connectivity index (χ2v) is 5.52. The van der Waals surface area contributed by atoms with E-state index in [1.165, 1.54) is 0 Å². The van der Waals surface area contributed by atoms with Gasteiger partial charge in [-0.3, -0.25) is 9.69 Å². The maximum Gasteiger partial charge on any atom is 0.211 e. The molecule has 0 spiro atoms. The Hall–Kier alpha value is -1.69. The summed E-state index contributed by atoms with van der Waals surface area (Å²) in [5.41, 5.74) is 0.726. The highest BCUT2D eigenvalue weighted by molar-refractivity contribution is 5.98. The lowest BCUT2D eigenvalue weighted by Crippen LogP contribution is -2.49. The van der Waals surface area contributed by atoms with Gasteiger partial charge in [0.15, 0.2) is 5.76 Å². The average molecular weight is 289 g/mol. The van der Waals surface area contributed by atoms with Crippen molar-refractivity contribution >= 4 is 16.8 Å². The number of rotatable bonds is 4. The molecular weight excluding hydrogens is 270 g/mol. The highest BCUT2D eigenvalue weighted by Crippen LogP contribution is 2.20. The van der Waals surface area contributed by atoms with Crippen molar-refractivity contribution in [2.24, 2.45) is 0 Å². The Morgan fingerprint density at radius 3 is 2.95 bits per heavy atom. The van der Waals surface area contributed by atoms with Crippen molar-refractivity contribution in [1.82, 2.24) is 4.90 Å². The topological polar surface area (TPSA) is 62.9 Å². The molecule has 2 atom stereocenters. The van der Waals surface area contributed by atoms with E-state index in [0.29, 0.717) is 18.8 Å². The molecule has 1 aromatic carbocycles. The number of aliphatic hydroxyl groups excluding tert-OH is 1. The van der Waals surface area contributed by atoms with Crippen LogP contribution < -0.4 is 0 Å². The van der Waals surface area contributed by atoms with Gasteiger partial charge in [0.2, 0.25) is 5.78 Å². The molecule has 1 aromatic heterocycles. The summed E-state index contributed by atoms with van der Waals surface area (Å²) in [7, 11) is 0. The van der Waals surface area contributed by atoms with E-state index in [-0.39, 0.29) is 31.1 Å². The van der Waals surface area contributed by atoms with Gasteiger partial charge >= 0.3 is 0 Å². The predicted octanol–water partition coefficient (Wildman–Crippen LogP) is 1.70. The molecular formula is C16H19NO4. The largest absolute Gasteiger partial charge is 0.453 e. The molecule has 0 bridgehead atoms. The molecule has 1 aliphatic heterocycles. The number of fused-ring (bicyclic) bond motifs is 1. The number of benzene rings is 1. The molecule has 1 saturated heterocycles. The van der Waals surface area contributed by atoms with Gasteiger partial charge in [-0.1, -0.05) is 18.2 Å². The number of para-hydroxylation sites is 1. The third-order valence-corrected chi connectivity index (χ3v) is 3.67. The van der Waals surface area contributed by atoms with E-state index in [4.69, 9.17) is 9.15 Å². The minimum absolute atomic E-state index is 0.0133. The zero-order valence-electron chi connectivity index (χ0n) is 12.0. The highest BCUT2D eigenvalue weighted by atomic mass is 16.5. The second-order valence-electron chi connectivity index (χ2n) is 5.52. The van der Waals surface area contributed by atoms with Gasteiger partial charge in [-0.05, 0) is 19.1 Å². The van der Waals surface area contributed by atoms with Gasteiger partial charge < -0.3 is 14.3 Å². The number of ketones is 1. The second kappa shape index (κ2) is 5.97. The van der Waals surface area contributed by atoms with Gasteiger partial charge in [0.1, 0.15) is 5.58 Å². The van der Waals surface area contributed by atoms with Crippen molar-refractivity contribution in [1.29, 1.82) is 0 Å². The molecule has 112 valence electrons. The van der Waals surface area contributed by atoms with Crippen molar-refractivity contribution in [2.75, 3.05) is 26.2 Å². The van der Waals surface area contributed by atoms with Gasteiger partial charge in [0, 0.05) is 18.5 Å². The Balaban J connectivity index is 1.70. The normalized spacial score (nSPS) is 23.5. The molecule has 0 radical (unpaired) electrons. The first-order valence-electron chi connectivity index (χ1n) is 7.16. The van der Waals surface area contributed by atoms with Crippen LogP contribution in [0.5, 0.6) is 0 Å².